The summed E-state index contributed by atoms with van der Waals surface area (Å²) < 4.78 is 5.34. The highest BCUT2D eigenvalue weighted by atomic mass is 32.1. The number of thiophene rings is 1. The lowest BCUT2D eigenvalue weighted by Gasteiger charge is -2.29. The summed E-state index contributed by atoms with van der Waals surface area (Å²) in [4.78, 5) is 17.6. The molecule has 0 fully saturated rings. The van der Waals surface area contributed by atoms with E-state index in [1.165, 1.54) is 11.3 Å². The number of carbonyl (C=O) groups excluding carboxylic acids is 1. The highest BCUT2D eigenvalue weighted by Gasteiger charge is 2.40. The van der Waals surface area contributed by atoms with E-state index < -0.39 is 5.92 Å². The van der Waals surface area contributed by atoms with Crippen LogP contribution < -0.4 is 0 Å². The Morgan fingerprint density at radius 1 is 1.57 bits per heavy atom. The lowest BCUT2D eigenvalue weighted by Crippen LogP contribution is -2.34. The number of allylic oxidation sites excluding steroid dienone is 1. The van der Waals surface area contributed by atoms with Gasteiger partial charge in [-0.1, -0.05) is 6.07 Å². The van der Waals surface area contributed by atoms with Gasteiger partial charge in [0.1, 0.15) is 10.9 Å². The average Bonchev–Trinajstić information content (AvgIpc) is 2.90. The molecule has 1 aromatic rings. The van der Waals surface area contributed by atoms with E-state index >= 15 is 0 Å². The van der Waals surface area contributed by atoms with Gasteiger partial charge in [-0.15, -0.1) is 24.0 Å². The maximum absolute atomic E-state index is 12.4. The van der Waals surface area contributed by atoms with Crippen LogP contribution in [0.2, 0.25) is 0 Å². The predicted molar refractivity (Wildman–Crippen MR) is 86.5 cm³/mol. The number of aliphatic imine (C=N–C) groups is 1. The second-order valence-electron chi connectivity index (χ2n) is 5.06. The van der Waals surface area contributed by atoms with Gasteiger partial charge < -0.3 is 4.74 Å². The number of carbonyl (C=O) groups is 1. The molecule has 0 amide bonds. The maximum Gasteiger partial charge on any atom is 0.315 e. The second kappa shape index (κ2) is 6.46. The Bertz CT molecular complexity index is 639. The van der Waals surface area contributed by atoms with Crippen molar-refractivity contribution in [2.45, 2.75) is 32.8 Å². The van der Waals surface area contributed by atoms with Crippen molar-refractivity contribution in [2.75, 3.05) is 0 Å². The van der Waals surface area contributed by atoms with Crippen molar-refractivity contribution in [3.05, 3.63) is 33.0 Å². The van der Waals surface area contributed by atoms with Crippen LogP contribution in [0.25, 0.3) is 0 Å². The van der Waals surface area contributed by atoms with Crippen molar-refractivity contribution in [3.63, 3.8) is 0 Å². The molecule has 0 aliphatic carbocycles. The number of ether oxygens (including phenoxy) is 1. The monoisotopic (exact) mass is 320 g/mol. The Hall–Kier alpha value is -1.58. The van der Waals surface area contributed by atoms with Crippen LogP contribution in [-0.2, 0) is 9.53 Å². The standard InChI is InChI=1S/C15H16N2O2S2/c1-8(2)19-15(18)12-9(3)17-14(20)10(7-16)13(12)11-5-4-6-21-11/h4-6,8,12-13,20H,1-3H3. The summed E-state index contributed by atoms with van der Waals surface area (Å²) in [5.74, 6) is -1.29. The molecule has 21 heavy (non-hydrogen) atoms. The Labute approximate surface area is 133 Å². The quantitative estimate of drug-likeness (QED) is 0.684. The third-order valence-corrected chi connectivity index (χ3v) is 4.49. The zero-order valence-electron chi connectivity index (χ0n) is 12.0. The number of nitriles is 1. The fourth-order valence-corrected chi connectivity index (χ4v) is 3.57. The van der Waals surface area contributed by atoms with Crippen molar-refractivity contribution in [3.8, 4) is 6.07 Å². The molecule has 1 aromatic heterocycles. The Morgan fingerprint density at radius 3 is 2.81 bits per heavy atom. The van der Waals surface area contributed by atoms with Gasteiger partial charge in [-0.05, 0) is 32.2 Å². The fourth-order valence-electron chi connectivity index (χ4n) is 2.35. The number of thiol groups is 1. The van der Waals surface area contributed by atoms with Gasteiger partial charge in [0.05, 0.1) is 17.7 Å². The van der Waals surface area contributed by atoms with E-state index in [2.05, 4.69) is 23.7 Å². The van der Waals surface area contributed by atoms with E-state index in [1.807, 2.05) is 17.5 Å². The molecule has 110 valence electrons. The van der Waals surface area contributed by atoms with Crippen molar-refractivity contribution in [1.82, 2.24) is 0 Å². The normalized spacial score (nSPS) is 22.0. The molecular weight excluding hydrogens is 304 g/mol. The number of esters is 1. The third-order valence-electron chi connectivity index (χ3n) is 3.19. The van der Waals surface area contributed by atoms with Gasteiger partial charge >= 0.3 is 5.97 Å². The van der Waals surface area contributed by atoms with Gasteiger partial charge in [0, 0.05) is 16.5 Å². The largest absolute Gasteiger partial charge is 0.462 e. The Morgan fingerprint density at radius 2 is 2.29 bits per heavy atom. The van der Waals surface area contributed by atoms with E-state index in [0.29, 0.717) is 16.3 Å². The predicted octanol–water partition coefficient (Wildman–Crippen LogP) is 3.54. The van der Waals surface area contributed by atoms with Crippen molar-refractivity contribution in [2.24, 2.45) is 10.9 Å². The Balaban J connectivity index is 2.49. The smallest absolute Gasteiger partial charge is 0.315 e. The molecule has 2 heterocycles. The minimum absolute atomic E-state index is 0.207. The second-order valence-corrected chi connectivity index (χ2v) is 6.46. The van der Waals surface area contributed by atoms with Crippen LogP contribution in [-0.4, -0.2) is 17.8 Å². The van der Waals surface area contributed by atoms with E-state index in [-0.39, 0.29) is 18.0 Å². The third kappa shape index (κ3) is 3.20. The minimum Gasteiger partial charge on any atom is -0.462 e. The summed E-state index contributed by atoms with van der Waals surface area (Å²) in [6.07, 6.45) is -0.207. The highest BCUT2D eigenvalue weighted by molar-refractivity contribution is 7.84. The van der Waals surface area contributed by atoms with Gasteiger partial charge in [0.15, 0.2) is 0 Å². The van der Waals surface area contributed by atoms with Gasteiger partial charge in [-0.3, -0.25) is 4.79 Å². The molecule has 4 nitrogen and oxygen atoms in total. The zero-order chi connectivity index (χ0) is 15.6. The molecule has 0 saturated heterocycles. The molecule has 2 rings (SSSR count). The minimum atomic E-state index is -0.573. The summed E-state index contributed by atoms with van der Waals surface area (Å²) >= 11 is 5.80. The van der Waals surface area contributed by atoms with Crippen LogP contribution in [0.4, 0.5) is 0 Å². The van der Waals surface area contributed by atoms with Crippen molar-refractivity contribution in [1.29, 1.82) is 5.26 Å². The van der Waals surface area contributed by atoms with Crippen LogP contribution >= 0.6 is 24.0 Å². The molecule has 0 saturated carbocycles. The molecule has 2 atom stereocenters. The van der Waals surface area contributed by atoms with Gasteiger partial charge in [-0.25, -0.2) is 4.99 Å². The highest BCUT2D eigenvalue weighted by Crippen LogP contribution is 2.41. The molecule has 0 bridgehead atoms. The number of hydrogen-bond donors (Lipinski definition) is 1. The van der Waals surface area contributed by atoms with Crippen LogP contribution in [0.3, 0.4) is 0 Å². The molecule has 0 spiro atoms. The lowest BCUT2D eigenvalue weighted by molar-refractivity contribution is -0.150. The molecule has 1 aliphatic rings. The molecule has 1 aliphatic heterocycles. The van der Waals surface area contributed by atoms with Crippen LogP contribution in [0, 0.1) is 17.2 Å². The summed E-state index contributed by atoms with van der Waals surface area (Å²) in [6.45, 7) is 5.38. The zero-order valence-corrected chi connectivity index (χ0v) is 13.7. The molecule has 2 unspecified atom stereocenters. The first-order chi connectivity index (χ1) is 9.95. The number of nitrogens with zero attached hydrogens (tertiary/aromatic N) is 2. The van der Waals surface area contributed by atoms with Crippen molar-refractivity contribution < 1.29 is 9.53 Å². The lowest BCUT2D eigenvalue weighted by atomic mass is 9.81. The molecule has 0 N–H and O–H groups in total. The van der Waals surface area contributed by atoms with E-state index in [9.17, 15) is 10.1 Å². The molecule has 0 aromatic carbocycles. The molecular formula is C15H16N2O2S2. The topological polar surface area (TPSA) is 62.5 Å². The first-order valence-electron chi connectivity index (χ1n) is 6.58. The van der Waals surface area contributed by atoms with E-state index in [0.717, 1.165) is 4.88 Å². The molecule has 6 heteroatoms. The SMILES string of the molecule is CC1=NC(S)=C(C#N)C(c2cccs2)C1C(=O)OC(C)C. The number of hydrogen-bond acceptors (Lipinski definition) is 6. The fraction of sp³-hybridized carbons (Fsp3) is 0.400. The van der Waals surface area contributed by atoms with E-state index in [4.69, 9.17) is 4.74 Å². The van der Waals surface area contributed by atoms with E-state index in [1.54, 1.807) is 20.8 Å². The van der Waals surface area contributed by atoms with Crippen LogP contribution in [0.15, 0.2) is 33.1 Å². The summed E-state index contributed by atoms with van der Waals surface area (Å²) in [5, 5.41) is 11.7. The summed E-state index contributed by atoms with van der Waals surface area (Å²) in [5.41, 5.74) is 1.04. The molecule has 0 radical (unpaired) electrons. The summed E-state index contributed by atoms with van der Waals surface area (Å²) in [7, 11) is 0. The first-order valence-corrected chi connectivity index (χ1v) is 7.90. The average molecular weight is 320 g/mol. The first kappa shape index (κ1) is 15.8. The van der Waals surface area contributed by atoms with Crippen LogP contribution in [0.1, 0.15) is 31.6 Å². The maximum atomic E-state index is 12.4. The van der Waals surface area contributed by atoms with Crippen LogP contribution in [0.5, 0.6) is 0 Å². The van der Waals surface area contributed by atoms with Gasteiger partial charge in [-0.2, -0.15) is 5.26 Å². The van der Waals surface area contributed by atoms with Gasteiger partial charge in [0.25, 0.3) is 0 Å². The summed E-state index contributed by atoms with van der Waals surface area (Å²) in [6, 6.07) is 5.97. The number of rotatable bonds is 3. The van der Waals surface area contributed by atoms with Crippen molar-refractivity contribution >= 4 is 35.6 Å². The van der Waals surface area contributed by atoms with Gasteiger partial charge in [0.2, 0.25) is 0 Å². The Kier molecular flexibility index (Phi) is 4.86.